The van der Waals surface area contributed by atoms with E-state index in [1.807, 2.05) is 42.6 Å². The molecule has 4 aromatic rings. The number of thiazole rings is 1. The lowest BCUT2D eigenvalue weighted by atomic mass is 10.2. The van der Waals surface area contributed by atoms with Crippen molar-refractivity contribution in [2.75, 3.05) is 5.32 Å². The van der Waals surface area contributed by atoms with Gasteiger partial charge in [0.2, 0.25) is 10.0 Å². The SMILES string of the molecule is Cc1cccc2sc(NC(=O)c3ccc(S(=O)(=O)NCc4cccs4)cc3)nc12. The zero-order chi connectivity index (χ0) is 20.4. The lowest BCUT2D eigenvalue weighted by molar-refractivity contribution is 0.102. The molecule has 0 aliphatic carbocycles. The highest BCUT2D eigenvalue weighted by Crippen LogP contribution is 2.28. The summed E-state index contributed by atoms with van der Waals surface area (Å²) in [6.07, 6.45) is 0. The van der Waals surface area contributed by atoms with E-state index < -0.39 is 10.0 Å². The molecule has 0 radical (unpaired) electrons. The summed E-state index contributed by atoms with van der Waals surface area (Å²) >= 11 is 2.88. The maximum Gasteiger partial charge on any atom is 0.257 e. The van der Waals surface area contributed by atoms with Gasteiger partial charge < -0.3 is 0 Å². The Hall–Kier alpha value is -2.59. The van der Waals surface area contributed by atoms with Crippen LogP contribution in [0.1, 0.15) is 20.8 Å². The average molecular weight is 444 g/mol. The number of hydrogen-bond donors (Lipinski definition) is 2. The number of nitrogens with zero attached hydrogens (tertiary/aromatic N) is 1. The molecule has 0 bridgehead atoms. The summed E-state index contributed by atoms with van der Waals surface area (Å²) in [5.74, 6) is -0.336. The lowest BCUT2D eigenvalue weighted by Gasteiger charge is -2.07. The smallest absolute Gasteiger partial charge is 0.257 e. The molecular formula is C20H17N3O3S3. The summed E-state index contributed by atoms with van der Waals surface area (Å²) in [6, 6.07) is 15.5. The minimum Gasteiger partial charge on any atom is -0.298 e. The first kappa shape index (κ1) is 19.7. The molecule has 0 unspecified atom stereocenters. The third kappa shape index (κ3) is 4.38. The summed E-state index contributed by atoms with van der Waals surface area (Å²) in [6.45, 7) is 2.21. The Morgan fingerprint density at radius 2 is 1.86 bits per heavy atom. The van der Waals surface area contributed by atoms with E-state index in [-0.39, 0.29) is 17.3 Å². The molecule has 0 saturated heterocycles. The van der Waals surface area contributed by atoms with Gasteiger partial charge in [-0.2, -0.15) is 0 Å². The maximum absolute atomic E-state index is 12.5. The van der Waals surface area contributed by atoms with Gasteiger partial charge in [0.1, 0.15) is 0 Å². The average Bonchev–Trinajstić information content (AvgIpc) is 3.37. The number of aryl methyl sites for hydroxylation is 1. The van der Waals surface area contributed by atoms with E-state index in [1.54, 1.807) is 0 Å². The quantitative estimate of drug-likeness (QED) is 0.462. The fourth-order valence-corrected chi connectivity index (χ4v) is 5.44. The second-order valence-corrected chi connectivity index (χ2v) is 10.2. The number of benzene rings is 2. The van der Waals surface area contributed by atoms with Gasteiger partial charge in [0, 0.05) is 17.0 Å². The standard InChI is InChI=1S/C20H17N3O3S3/c1-13-4-2-6-17-18(13)22-20(28-17)23-19(24)14-7-9-16(10-8-14)29(25,26)21-12-15-5-3-11-27-15/h2-11,21H,12H2,1H3,(H,22,23,24). The molecule has 2 N–H and O–H groups in total. The maximum atomic E-state index is 12.5. The van der Waals surface area contributed by atoms with Crippen molar-refractivity contribution in [2.24, 2.45) is 0 Å². The lowest BCUT2D eigenvalue weighted by Crippen LogP contribution is -2.23. The first-order valence-corrected chi connectivity index (χ1v) is 11.9. The van der Waals surface area contributed by atoms with Gasteiger partial charge >= 0.3 is 0 Å². The Labute approximate surface area is 176 Å². The molecule has 2 aromatic carbocycles. The van der Waals surface area contributed by atoms with Gasteiger partial charge in [0.05, 0.1) is 15.1 Å². The van der Waals surface area contributed by atoms with Crippen molar-refractivity contribution >= 4 is 54.0 Å². The van der Waals surface area contributed by atoms with Crippen LogP contribution in [-0.4, -0.2) is 19.3 Å². The molecule has 0 atom stereocenters. The molecule has 2 aromatic heterocycles. The number of hydrogen-bond acceptors (Lipinski definition) is 6. The van der Waals surface area contributed by atoms with Gasteiger partial charge in [-0.05, 0) is 54.3 Å². The molecule has 9 heteroatoms. The Kier molecular flexibility index (Phi) is 5.46. The molecule has 148 valence electrons. The highest BCUT2D eigenvalue weighted by molar-refractivity contribution is 7.89. The van der Waals surface area contributed by atoms with Crippen LogP contribution < -0.4 is 10.0 Å². The molecule has 0 saturated carbocycles. The number of rotatable bonds is 6. The summed E-state index contributed by atoms with van der Waals surface area (Å²) < 4.78 is 28.4. The van der Waals surface area contributed by atoms with Crippen LogP contribution in [0.3, 0.4) is 0 Å². The van der Waals surface area contributed by atoms with E-state index in [0.717, 1.165) is 20.7 Å². The number of thiophene rings is 1. The van der Waals surface area contributed by atoms with E-state index >= 15 is 0 Å². The topological polar surface area (TPSA) is 88.2 Å². The minimum atomic E-state index is -3.65. The van der Waals surface area contributed by atoms with Gasteiger partial charge in [0.25, 0.3) is 5.91 Å². The molecule has 6 nitrogen and oxygen atoms in total. The third-order valence-corrected chi connectivity index (χ3v) is 7.51. The van der Waals surface area contributed by atoms with Crippen LogP contribution in [-0.2, 0) is 16.6 Å². The van der Waals surface area contributed by atoms with E-state index in [9.17, 15) is 13.2 Å². The van der Waals surface area contributed by atoms with Crippen LogP contribution in [0.2, 0.25) is 0 Å². The molecule has 0 spiro atoms. The molecule has 2 heterocycles. The monoisotopic (exact) mass is 443 g/mol. The number of nitrogens with one attached hydrogen (secondary N) is 2. The van der Waals surface area contributed by atoms with E-state index in [4.69, 9.17) is 0 Å². The zero-order valence-electron chi connectivity index (χ0n) is 15.4. The van der Waals surface area contributed by atoms with Gasteiger partial charge in [0.15, 0.2) is 5.13 Å². The number of aromatic nitrogens is 1. The van der Waals surface area contributed by atoms with E-state index in [0.29, 0.717) is 10.7 Å². The fraction of sp³-hybridized carbons (Fsp3) is 0.100. The fourth-order valence-electron chi connectivity index (χ4n) is 2.76. The number of fused-ring (bicyclic) bond motifs is 1. The van der Waals surface area contributed by atoms with Gasteiger partial charge in [-0.3, -0.25) is 10.1 Å². The Balaban J connectivity index is 1.46. The molecule has 0 aliphatic rings. The van der Waals surface area contributed by atoms with Crippen LogP contribution in [0.5, 0.6) is 0 Å². The van der Waals surface area contributed by atoms with Gasteiger partial charge in [-0.15, -0.1) is 11.3 Å². The number of para-hydroxylation sites is 1. The van der Waals surface area contributed by atoms with Crippen LogP contribution in [0.15, 0.2) is 64.9 Å². The van der Waals surface area contributed by atoms with Crippen molar-refractivity contribution in [3.8, 4) is 0 Å². The summed E-state index contributed by atoms with van der Waals surface area (Å²) in [5, 5.41) is 5.18. The predicted octanol–water partition coefficient (Wildman–Crippen LogP) is 4.40. The number of carbonyl (C=O) groups is 1. The van der Waals surface area contributed by atoms with Crippen molar-refractivity contribution in [2.45, 2.75) is 18.4 Å². The number of anilines is 1. The summed E-state index contributed by atoms with van der Waals surface area (Å²) in [5.41, 5.74) is 2.27. The minimum absolute atomic E-state index is 0.112. The largest absolute Gasteiger partial charge is 0.298 e. The van der Waals surface area contributed by atoms with Crippen molar-refractivity contribution in [3.05, 3.63) is 76.0 Å². The summed E-state index contributed by atoms with van der Waals surface area (Å²) in [4.78, 5) is 18.0. The first-order valence-electron chi connectivity index (χ1n) is 8.72. The second kappa shape index (κ2) is 8.03. The van der Waals surface area contributed by atoms with Crippen molar-refractivity contribution in [3.63, 3.8) is 0 Å². The van der Waals surface area contributed by atoms with Crippen LogP contribution in [0.25, 0.3) is 10.2 Å². The first-order chi connectivity index (χ1) is 13.9. The number of sulfonamides is 1. The van der Waals surface area contributed by atoms with Crippen molar-refractivity contribution < 1.29 is 13.2 Å². The highest BCUT2D eigenvalue weighted by Gasteiger charge is 2.16. The van der Waals surface area contributed by atoms with E-state index in [2.05, 4.69) is 15.0 Å². The molecule has 0 fully saturated rings. The highest BCUT2D eigenvalue weighted by atomic mass is 32.2. The number of amides is 1. The predicted molar refractivity (Wildman–Crippen MR) is 117 cm³/mol. The Morgan fingerprint density at radius 1 is 1.07 bits per heavy atom. The molecule has 4 rings (SSSR count). The van der Waals surface area contributed by atoms with Crippen molar-refractivity contribution in [1.29, 1.82) is 0 Å². The van der Waals surface area contributed by atoms with Crippen molar-refractivity contribution in [1.82, 2.24) is 9.71 Å². The molecular weight excluding hydrogens is 426 g/mol. The third-order valence-electron chi connectivity index (χ3n) is 4.28. The van der Waals surface area contributed by atoms with Gasteiger partial charge in [-0.1, -0.05) is 29.5 Å². The molecule has 1 amide bonds. The zero-order valence-corrected chi connectivity index (χ0v) is 17.8. The summed E-state index contributed by atoms with van der Waals surface area (Å²) in [7, 11) is -3.65. The van der Waals surface area contributed by atoms with E-state index in [1.165, 1.54) is 46.9 Å². The second-order valence-electron chi connectivity index (χ2n) is 6.32. The Bertz CT molecular complexity index is 1260. The van der Waals surface area contributed by atoms with Gasteiger partial charge in [-0.25, -0.2) is 18.1 Å². The van der Waals surface area contributed by atoms with Crippen LogP contribution >= 0.6 is 22.7 Å². The number of carbonyl (C=O) groups excluding carboxylic acids is 1. The normalized spacial score (nSPS) is 11.6. The van der Waals surface area contributed by atoms with Crippen LogP contribution in [0, 0.1) is 6.92 Å². The van der Waals surface area contributed by atoms with Crippen LogP contribution in [0.4, 0.5) is 5.13 Å². The Morgan fingerprint density at radius 3 is 2.55 bits per heavy atom. The molecule has 0 aliphatic heterocycles. The molecule has 29 heavy (non-hydrogen) atoms.